The maximum absolute atomic E-state index is 5.82. The predicted octanol–water partition coefficient (Wildman–Crippen LogP) is 2.53. The van der Waals surface area contributed by atoms with Crippen LogP contribution in [0, 0.1) is 5.41 Å². The summed E-state index contributed by atoms with van der Waals surface area (Å²) in [5.74, 6) is 0.526. The van der Waals surface area contributed by atoms with Gasteiger partial charge in [-0.15, -0.1) is 0 Å². The molecule has 0 saturated carbocycles. The fourth-order valence-electron chi connectivity index (χ4n) is 1.71. The molecule has 0 aromatic heterocycles. The van der Waals surface area contributed by atoms with Gasteiger partial charge in [0.2, 0.25) is 0 Å². The minimum atomic E-state index is 0.0830. The number of hydrogen-bond acceptors (Lipinski definition) is 2. The molecule has 0 saturated heterocycles. The van der Waals surface area contributed by atoms with E-state index < -0.39 is 0 Å². The molecule has 0 aliphatic rings. The number of rotatable bonds is 8. The molecule has 0 aromatic carbocycles. The number of unbranched alkanes of at least 4 members (excludes halogenated alkanes) is 3. The van der Waals surface area contributed by atoms with Gasteiger partial charge in [-0.25, -0.2) is 0 Å². The zero-order valence-electron chi connectivity index (χ0n) is 12.8. The van der Waals surface area contributed by atoms with Crippen molar-refractivity contribution in [2.45, 2.75) is 59.5 Å². The first-order valence-electron chi connectivity index (χ1n) is 6.98. The summed E-state index contributed by atoms with van der Waals surface area (Å²) in [5.41, 5.74) is 5.90. The quantitative estimate of drug-likeness (QED) is 0.399. The van der Waals surface area contributed by atoms with Crippen LogP contribution in [0.25, 0.3) is 0 Å². The number of nitrogens with zero attached hydrogens (tertiary/aromatic N) is 1. The fourth-order valence-corrected chi connectivity index (χ4v) is 1.71. The van der Waals surface area contributed by atoms with Gasteiger partial charge in [0.15, 0.2) is 5.96 Å². The number of aliphatic imine (C=N–C) groups is 1. The van der Waals surface area contributed by atoms with E-state index in [0.717, 1.165) is 13.0 Å². The summed E-state index contributed by atoms with van der Waals surface area (Å²) in [7, 11) is 1.72. The molecule has 1 unspecified atom stereocenters. The Morgan fingerprint density at radius 3 is 2.44 bits per heavy atom. The van der Waals surface area contributed by atoms with Crippen LogP contribution >= 0.6 is 0 Å². The Kier molecular flexibility index (Phi) is 8.81. The average molecular weight is 257 g/mol. The summed E-state index contributed by atoms with van der Waals surface area (Å²) in [6.07, 6.45) is 5.04. The predicted molar refractivity (Wildman–Crippen MR) is 78.9 cm³/mol. The Hall–Kier alpha value is -0.770. The Morgan fingerprint density at radius 2 is 1.94 bits per heavy atom. The lowest BCUT2D eigenvalue weighted by atomic mass is 9.89. The second-order valence-electron chi connectivity index (χ2n) is 5.80. The van der Waals surface area contributed by atoms with Gasteiger partial charge in [-0.3, -0.25) is 4.99 Å². The molecule has 0 aliphatic carbocycles. The van der Waals surface area contributed by atoms with E-state index in [1.54, 1.807) is 7.11 Å². The van der Waals surface area contributed by atoms with Crippen LogP contribution in [0.5, 0.6) is 0 Å². The number of hydrogen-bond donors (Lipinski definition) is 2. The molecule has 0 rings (SSSR count). The summed E-state index contributed by atoms with van der Waals surface area (Å²) in [5, 5.41) is 3.14. The third-order valence-electron chi connectivity index (χ3n) is 3.01. The molecular formula is C14H31N3O. The normalized spacial score (nSPS) is 14.6. The highest BCUT2D eigenvalue weighted by molar-refractivity contribution is 5.77. The summed E-state index contributed by atoms with van der Waals surface area (Å²) in [6.45, 7) is 10.2. The molecule has 0 amide bonds. The van der Waals surface area contributed by atoms with Gasteiger partial charge in [-0.05, 0) is 11.8 Å². The molecule has 0 radical (unpaired) electrons. The number of methoxy groups -OCH3 is 1. The highest BCUT2D eigenvalue weighted by atomic mass is 16.5. The molecule has 0 spiro atoms. The van der Waals surface area contributed by atoms with Crippen LogP contribution in [0.4, 0.5) is 0 Å². The second-order valence-corrected chi connectivity index (χ2v) is 5.80. The molecule has 0 fully saturated rings. The molecule has 0 aliphatic heterocycles. The first kappa shape index (κ1) is 17.2. The van der Waals surface area contributed by atoms with Crippen molar-refractivity contribution >= 4 is 5.96 Å². The third-order valence-corrected chi connectivity index (χ3v) is 3.01. The lowest BCUT2D eigenvalue weighted by Gasteiger charge is -2.27. The zero-order chi connectivity index (χ0) is 14.0. The van der Waals surface area contributed by atoms with E-state index in [1.807, 2.05) is 0 Å². The number of guanidine groups is 1. The van der Waals surface area contributed by atoms with Crippen LogP contribution in [0.1, 0.15) is 53.4 Å². The fraction of sp³-hybridized carbons (Fsp3) is 0.929. The second kappa shape index (κ2) is 9.20. The van der Waals surface area contributed by atoms with Crippen molar-refractivity contribution in [2.24, 2.45) is 16.1 Å². The molecule has 108 valence electrons. The Labute approximate surface area is 112 Å². The van der Waals surface area contributed by atoms with Crippen molar-refractivity contribution in [1.29, 1.82) is 0 Å². The molecule has 0 heterocycles. The van der Waals surface area contributed by atoms with E-state index in [1.165, 1.54) is 19.3 Å². The third kappa shape index (κ3) is 8.34. The van der Waals surface area contributed by atoms with Gasteiger partial charge in [0.05, 0.1) is 12.6 Å². The van der Waals surface area contributed by atoms with E-state index in [0.29, 0.717) is 12.5 Å². The number of nitrogens with two attached hydrogens (primary N) is 1. The van der Waals surface area contributed by atoms with Crippen molar-refractivity contribution in [3.05, 3.63) is 0 Å². The van der Waals surface area contributed by atoms with Crippen molar-refractivity contribution < 1.29 is 4.74 Å². The Bertz CT molecular complexity index is 234. The minimum Gasteiger partial charge on any atom is -0.379 e. The van der Waals surface area contributed by atoms with Crippen molar-refractivity contribution in [3.63, 3.8) is 0 Å². The average Bonchev–Trinajstić information content (AvgIpc) is 2.27. The van der Waals surface area contributed by atoms with Crippen LogP contribution in [-0.4, -0.2) is 32.3 Å². The highest BCUT2D eigenvalue weighted by Crippen LogP contribution is 2.21. The first-order chi connectivity index (χ1) is 8.41. The largest absolute Gasteiger partial charge is 0.379 e. The van der Waals surface area contributed by atoms with Gasteiger partial charge < -0.3 is 15.8 Å². The standard InChI is InChI=1S/C14H31N3O/c1-6-7-8-9-10-16-13(15)17-11-12(18-5)14(2,3)4/h12H,6-11H2,1-5H3,(H3,15,16,17). The van der Waals surface area contributed by atoms with Gasteiger partial charge >= 0.3 is 0 Å². The van der Waals surface area contributed by atoms with Gasteiger partial charge in [0, 0.05) is 13.7 Å². The minimum absolute atomic E-state index is 0.0830. The van der Waals surface area contributed by atoms with Gasteiger partial charge in [0.1, 0.15) is 0 Å². The summed E-state index contributed by atoms with van der Waals surface area (Å²) >= 11 is 0. The number of ether oxygens (including phenoxy) is 1. The lowest BCUT2D eigenvalue weighted by molar-refractivity contribution is 0.0241. The molecule has 0 bridgehead atoms. The van der Waals surface area contributed by atoms with E-state index in [9.17, 15) is 0 Å². The Balaban J connectivity index is 3.88. The molecule has 1 atom stereocenters. The smallest absolute Gasteiger partial charge is 0.188 e. The molecule has 0 aromatic rings. The van der Waals surface area contributed by atoms with E-state index in [-0.39, 0.29) is 11.5 Å². The monoisotopic (exact) mass is 257 g/mol. The van der Waals surface area contributed by atoms with Gasteiger partial charge in [-0.1, -0.05) is 47.0 Å². The van der Waals surface area contributed by atoms with Crippen LogP contribution < -0.4 is 11.1 Å². The highest BCUT2D eigenvalue weighted by Gasteiger charge is 2.23. The maximum atomic E-state index is 5.82. The van der Waals surface area contributed by atoms with Crippen molar-refractivity contribution in [2.75, 3.05) is 20.2 Å². The SMILES string of the molecule is CCCCCCNC(N)=NCC(OC)C(C)(C)C. The van der Waals surface area contributed by atoms with Crippen LogP contribution in [0.2, 0.25) is 0 Å². The Morgan fingerprint density at radius 1 is 1.28 bits per heavy atom. The van der Waals surface area contributed by atoms with E-state index in [2.05, 4.69) is 38.0 Å². The zero-order valence-corrected chi connectivity index (χ0v) is 12.8. The summed E-state index contributed by atoms with van der Waals surface area (Å²) in [6, 6.07) is 0. The van der Waals surface area contributed by atoms with E-state index in [4.69, 9.17) is 10.5 Å². The van der Waals surface area contributed by atoms with Crippen LogP contribution in [0.3, 0.4) is 0 Å². The first-order valence-corrected chi connectivity index (χ1v) is 6.98. The molecule has 4 nitrogen and oxygen atoms in total. The van der Waals surface area contributed by atoms with Crippen LogP contribution in [0.15, 0.2) is 4.99 Å². The van der Waals surface area contributed by atoms with Crippen LogP contribution in [-0.2, 0) is 4.74 Å². The number of nitrogens with one attached hydrogen (secondary N) is 1. The summed E-state index contributed by atoms with van der Waals surface area (Å²) in [4.78, 5) is 4.34. The topological polar surface area (TPSA) is 59.6 Å². The maximum Gasteiger partial charge on any atom is 0.188 e. The van der Waals surface area contributed by atoms with Gasteiger partial charge in [-0.2, -0.15) is 0 Å². The lowest BCUT2D eigenvalue weighted by Crippen LogP contribution is -2.36. The van der Waals surface area contributed by atoms with Crippen molar-refractivity contribution in [1.82, 2.24) is 5.32 Å². The molecule has 3 N–H and O–H groups in total. The molecule has 4 heteroatoms. The summed E-state index contributed by atoms with van der Waals surface area (Å²) < 4.78 is 5.43. The van der Waals surface area contributed by atoms with Crippen molar-refractivity contribution in [3.8, 4) is 0 Å². The van der Waals surface area contributed by atoms with E-state index >= 15 is 0 Å². The molecular weight excluding hydrogens is 226 g/mol. The van der Waals surface area contributed by atoms with Gasteiger partial charge in [0.25, 0.3) is 0 Å². The molecule has 18 heavy (non-hydrogen) atoms.